The van der Waals surface area contributed by atoms with Gasteiger partial charge in [-0.05, 0) is 31.6 Å². The number of rotatable bonds is 5. The number of carbonyl (C=O) groups excluding carboxylic acids is 1. The van der Waals surface area contributed by atoms with Crippen LogP contribution in [0, 0.1) is 5.92 Å². The lowest BCUT2D eigenvalue weighted by Gasteiger charge is -2.31. The largest absolute Gasteiger partial charge is 0.374 e. The predicted octanol–water partition coefficient (Wildman–Crippen LogP) is 1.40. The van der Waals surface area contributed by atoms with E-state index in [1.165, 1.54) is 24.2 Å². The number of anilines is 1. The highest BCUT2D eigenvalue weighted by Gasteiger charge is 2.30. The van der Waals surface area contributed by atoms with Crippen molar-refractivity contribution in [3.8, 4) is 0 Å². The molecule has 1 aliphatic carbocycles. The molecule has 0 bridgehead atoms. The molecule has 0 radical (unpaired) electrons. The van der Waals surface area contributed by atoms with Crippen molar-refractivity contribution in [2.24, 2.45) is 5.92 Å². The molecule has 1 amide bonds. The van der Waals surface area contributed by atoms with E-state index in [4.69, 9.17) is 10.3 Å². The number of aromatic nitrogens is 4. The maximum atomic E-state index is 12.3. The summed E-state index contributed by atoms with van der Waals surface area (Å²) in [4.78, 5) is 18.7. The average Bonchev–Trinajstić information content (AvgIpc) is 3.20. The summed E-state index contributed by atoms with van der Waals surface area (Å²) in [6, 6.07) is 0. The second-order valence-electron chi connectivity index (χ2n) is 6.56. The molecule has 2 aromatic rings. The minimum absolute atomic E-state index is 0.0974. The van der Waals surface area contributed by atoms with E-state index in [2.05, 4.69) is 20.3 Å². The van der Waals surface area contributed by atoms with Gasteiger partial charge in [-0.25, -0.2) is 0 Å². The Balaban J connectivity index is 1.25. The molecule has 0 atom stereocenters. The van der Waals surface area contributed by atoms with Gasteiger partial charge in [-0.15, -0.1) is 10.2 Å². The number of hydrogen-bond donors (Lipinski definition) is 1. The Kier molecular flexibility index (Phi) is 4.17. The molecule has 2 aliphatic rings. The summed E-state index contributed by atoms with van der Waals surface area (Å²) in [5.74, 6) is 2.72. The summed E-state index contributed by atoms with van der Waals surface area (Å²) < 4.78 is 5.31. The van der Waals surface area contributed by atoms with Crippen molar-refractivity contribution in [1.29, 1.82) is 0 Å². The summed E-state index contributed by atoms with van der Waals surface area (Å²) in [5, 5.41) is 12.8. The van der Waals surface area contributed by atoms with E-state index in [1.807, 2.05) is 4.90 Å². The first-order valence-corrected chi connectivity index (χ1v) is 9.17. The molecule has 24 heavy (non-hydrogen) atoms. The molecule has 1 saturated carbocycles. The number of amides is 1. The van der Waals surface area contributed by atoms with E-state index in [-0.39, 0.29) is 12.3 Å². The molecule has 2 aromatic heterocycles. The van der Waals surface area contributed by atoms with Gasteiger partial charge in [0, 0.05) is 25.4 Å². The van der Waals surface area contributed by atoms with Gasteiger partial charge in [0.25, 0.3) is 0 Å². The first kappa shape index (κ1) is 15.5. The number of piperidine rings is 1. The predicted molar refractivity (Wildman–Crippen MR) is 87.3 cm³/mol. The number of nitrogens with two attached hydrogens (primary N) is 1. The van der Waals surface area contributed by atoms with Crippen LogP contribution >= 0.6 is 11.3 Å². The van der Waals surface area contributed by atoms with E-state index >= 15 is 0 Å². The zero-order valence-electron chi connectivity index (χ0n) is 13.3. The van der Waals surface area contributed by atoms with Gasteiger partial charge >= 0.3 is 0 Å². The maximum absolute atomic E-state index is 12.3. The van der Waals surface area contributed by atoms with E-state index in [9.17, 15) is 4.79 Å². The molecule has 1 saturated heterocycles. The Bertz CT molecular complexity index is 717. The van der Waals surface area contributed by atoms with Crippen molar-refractivity contribution in [3.05, 3.63) is 16.7 Å². The van der Waals surface area contributed by atoms with Gasteiger partial charge in [0.2, 0.25) is 16.9 Å². The first-order valence-electron chi connectivity index (χ1n) is 8.35. The Labute approximate surface area is 143 Å². The molecule has 3 heterocycles. The first-order chi connectivity index (χ1) is 11.7. The Morgan fingerprint density at radius 2 is 2.04 bits per heavy atom. The van der Waals surface area contributed by atoms with E-state index in [0.29, 0.717) is 22.0 Å². The highest BCUT2D eigenvalue weighted by atomic mass is 32.1. The summed E-state index contributed by atoms with van der Waals surface area (Å²) >= 11 is 1.27. The van der Waals surface area contributed by atoms with Crippen molar-refractivity contribution in [1.82, 2.24) is 25.2 Å². The third-order valence-corrected chi connectivity index (χ3v) is 5.39. The molecular formula is C15H20N6O2S. The number of nitrogens with zero attached hydrogens (tertiary/aromatic N) is 5. The molecule has 4 rings (SSSR count). The second-order valence-corrected chi connectivity index (χ2v) is 7.66. The molecular weight excluding hydrogens is 328 g/mol. The molecule has 2 fully saturated rings. The van der Waals surface area contributed by atoms with E-state index < -0.39 is 0 Å². The average molecular weight is 348 g/mol. The Morgan fingerprint density at radius 1 is 1.25 bits per heavy atom. The third-order valence-electron chi connectivity index (χ3n) is 4.63. The monoisotopic (exact) mass is 348 g/mol. The summed E-state index contributed by atoms with van der Waals surface area (Å²) in [7, 11) is 0. The van der Waals surface area contributed by atoms with Gasteiger partial charge in [0.15, 0.2) is 5.82 Å². The Morgan fingerprint density at radius 3 is 2.71 bits per heavy atom. The number of hydrogen-bond acceptors (Lipinski definition) is 8. The summed E-state index contributed by atoms with van der Waals surface area (Å²) in [6.07, 6.45) is 5.40. The molecule has 0 spiro atoms. The fourth-order valence-corrected chi connectivity index (χ4v) is 3.67. The van der Waals surface area contributed by atoms with Crippen LogP contribution in [-0.2, 0) is 17.6 Å². The zero-order chi connectivity index (χ0) is 16.5. The number of nitrogen functional groups attached to an aromatic ring is 1. The fourth-order valence-electron chi connectivity index (χ4n) is 3.07. The molecule has 8 nitrogen and oxygen atoms in total. The van der Waals surface area contributed by atoms with Crippen LogP contribution in [0.5, 0.6) is 0 Å². The number of likely N-dealkylation sites (tertiary alicyclic amines) is 1. The van der Waals surface area contributed by atoms with Crippen LogP contribution < -0.4 is 5.73 Å². The van der Waals surface area contributed by atoms with Gasteiger partial charge in [0.05, 0.1) is 6.42 Å². The molecule has 1 aliphatic heterocycles. The van der Waals surface area contributed by atoms with Gasteiger partial charge in [-0.2, -0.15) is 4.98 Å². The van der Waals surface area contributed by atoms with E-state index in [0.717, 1.165) is 44.1 Å². The topological polar surface area (TPSA) is 111 Å². The molecule has 0 aromatic carbocycles. The van der Waals surface area contributed by atoms with Crippen LogP contribution in [0.4, 0.5) is 5.13 Å². The fraction of sp³-hybridized carbons (Fsp3) is 0.667. The van der Waals surface area contributed by atoms with Crippen LogP contribution in [0.3, 0.4) is 0 Å². The van der Waals surface area contributed by atoms with Crippen molar-refractivity contribution in [2.45, 2.75) is 44.4 Å². The minimum Gasteiger partial charge on any atom is -0.374 e. The molecule has 9 heteroatoms. The highest BCUT2D eigenvalue weighted by molar-refractivity contribution is 7.15. The van der Waals surface area contributed by atoms with Crippen LogP contribution in [-0.4, -0.2) is 44.2 Å². The lowest BCUT2D eigenvalue weighted by Crippen LogP contribution is -2.39. The molecule has 128 valence electrons. The molecule has 2 N–H and O–H groups in total. The lowest BCUT2D eigenvalue weighted by molar-refractivity contribution is -0.131. The quantitative estimate of drug-likeness (QED) is 0.869. The van der Waals surface area contributed by atoms with Crippen LogP contribution in [0.25, 0.3) is 0 Å². The lowest BCUT2D eigenvalue weighted by atomic mass is 9.93. The number of carbonyl (C=O) groups is 1. The van der Waals surface area contributed by atoms with Crippen molar-refractivity contribution >= 4 is 22.4 Å². The summed E-state index contributed by atoms with van der Waals surface area (Å²) in [5.41, 5.74) is 5.55. The second kappa shape index (κ2) is 6.46. The van der Waals surface area contributed by atoms with Crippen LogP contribution in [0.1, 0.15) is 48.3 Å². The normalized spacial score (nSPS) is 18.9. The zero-order valence-corrected chi connectivity index (χ0v) is 14.2. The molecule has 0 unspecified atom stereocenters. The SMILES string of the molecule is Nc1nnc(CC(=O)N2CCC(Cc3noc(C4CC4)n3)CC2)s1. The maximum Gasteiger partial charge on any atom is 0.229 e. The highest BCUT2D eigenvalue weighted by Crippen LogP contribution is 2.39. The van der Waals surface area contributed by atoms with Crippen molar-refractivity contribution in [2.75, 3.05) is 18.8 Å². The van der Waals surface area contributed by atoms with Gasteiger partial charge < -0.3 is 15.2 Å². The third kappa shape index (κ3) is 3.55. The van der Waals surface area contributed by atoms with Crippen molar-refractivity contribution in [3.63, 3.8) is 0 Å². The Hall–Kier alpha value is -2.03. The summed E-state index contributed by atoms with van der Waals surface area (Å²) in [6.45, 7) is 1.54. The standard InChI is InChI=1S/C15H20N6O2S/c16-15-19-18-12(24-15)8-13(22)21-5-3-9(4-6-21)7-11-17-14(23-20-11)10-1-2-10/h9-10H,1-8H2,(H2,16,19). The van der Waals surface area contributed by atoms with Crippen LogP contribution in [0.15, 0.2) is 4.52 Å². The van der Waals surface area contributed by atoms with Crippen LogP contribution in [0.2, 0.25) is 0 Å². The van der Waals surface area contributed by atoms with Gasteiger partial charge in [0.1, 0.15) is 5.01 Å². The van der Waals surface area contributed by atoms with Gasteiger partial charge in [-0.3, -0.25) is 4.79 Å². The smallest absolute Gasteiger partial charge is 0.229 e. The minimum atomic E-state index is 0.0974. The van der Waals surface area contributed by atoms with Gasteiger partial charge in [-0.1, -0.05) is 16.5 Å². The van der Waals surface area contributed by atoms with Crippen molar-refractivity contribution < 1.29 is 9.32 Å². The van der Waals surface area contributed by atoms with E-state index in [1.54, 1.807) is 0 Å².